The summed E-state index contributed by atoms with van der Waals surface area (Å²) in [6.45, 7) is 3.62. The van der Waals surface area contributed by atoms with Crippen LogP contribution in [0.2, 0.25) is 0 Å². The van der Waals surface area contributed by atoms with Gasteiger partial charge in [-0.25, -0.2) is 0 Å². The van der Waals surface area contributed by atoms with Gasteiger partial charge in [0.15, 0.2) is 0 Å². The van der Waals surface area contributed by atoms with Crippen LogP contribution in [0.5, 0.6) is 0 Å². The highest BCUT2D eigenvalue weighted by molar-refractivity contribution is 5.79. The lowest BCUT2D eigenvalue weighted by molar-refractivity contribution is -0.139. The molecule has 2 aliphatic heterocycles. The van der Waals surface area contributed by atoms with Crippen LogP contribution in [0.25, 0.3) is 0 Å². The monoisotopic (exact) mass is 319 g/mol. The Morgan fingerprint density at radius 2 is 2.04 bits per heavy atom. The van der Waals surface area contributed by atoms with Crippen molar-refractivity contribution in [1.29, 1.82) is 0 Å². The van der Waals surface area contributed by atoms with Crippen LogP contribution in [0.3, 0.4) is 0 Å². The number of aliphatic hydroxyl groups excluding tert-OH is 1. The zero-order valence-corrected chi connectivity index (χ0v) is 13.5. The number of fused-ring (bicyclic) bond motifs is 1. The molecular formula is C17H25N3O3. The molecule has 0 spiro atoms. The molecule has 1 amide bonds. The molecule has 1 N–H and O–H groups in total. The number of hydrogen-bond acceptors (Lipinski definition) is 4. The largest absolute Gasteiger partial charge is 0.386 e. The van der Waals surface area contributed by atoms with Crippen molar-refractivity contribution in [3.8, 4) is 0 Å². The van der Waals surface area contributed by atoms with E-state index < -0.39 is 6.10 Å². The van der Waals surface area contributed by atoms with Gasteiger partial charge in [-0.3, -0.25) is 9.48 Å². The Hall–Kier alpha value is -1.40. The summed E-state index contributed by atoms with van der Waals surface area (Å²) in [6.07, 6.45) is 4.34. The van der Waals surface area contributed by atoms with E-state index in [9.17, 15) is 9.90 Å². The molecule has 0 radical (unpaired) electrons. The molecule has 1 saturated heterocycles. The van der Waals surface area contributed by atoms with Crippen LogP contribution in [0.15, 0.2) is 6.07 Å². The van der Waals surface area contributed by atoms with Crippen molar-refractivity contribution in [3.63, 3.8) is 0 Å². The summed E-state index contributed by atoms with van der Waals surface area (Å²) in [5.41, 5.74) is 1.83. The van der Waals surface area contributed by atoms with Crippen molar-refractivity contribution in [2.45, 2.75) is 51.3 Å². The molecule has 23 heavy (non-hydrogen) atoms. The molecule has 2 fully saturated rings. The Labute approximate surface area is 136 Å². The second-order valence-corrected chi connectivity index (χ2v) is 7.07. The molecule has 1 atom stereocenters. The minimum atomic E-state index is -0.436. The van der Waals surface area contributed by atoms with Gasteiger partial charge in [0.25, 0.3) is 0 Å². The van der Waals surface area contributed by atoms with Crippen molar-refractivity contribution in [2.24, 2.45) is 11.8 Å². The van der Waals surface area contributed by atoms with Crippen LogP contribution >= 0.6 is 0 Å². The molecule has 4 rings (SSSR count). The van der Waals surface area contributed by atoms with Gasteiger partial charge in [-0.15, -0.1) is 0 Å². The highest BCUT2D eigenvalue weighted by atomic mass is 16.5. The molecule has 1 aromatic rings. The fourth-order valence-electron chi connectivity index (χ4n) is 3.67. The average molecular weight is 319 g/mol. The second-order valence-electron chi connectivity index (χ2n) is 7.07. The molecule has 1 unspecified atom stereocenters. The number of aromatic nitrogens is 2. The van der Waals surface area contributed by atoms with E-state index in [4.69, 9.17) is 4.74 Å². The van der Waals surface area contributed by atoms with Crippen molar-refractivity contribution in [1.82, 2.24) is 14.7 Å². The lowest BCUT2D eigenvalue weighted by Crippen LogP contribution is -2.38. The Balaban J connectivity index is 1.48. The number of rotatable bonds is 3. The maximum Gasteiger partial charge on any atom is 0.226 e. The first-order valence-corrected chi connectivity index (χ1v) is 8.83. The summed E-state index contributed by atoms with van der Waals surface area (Å²) in [4.78, 5) is 14.7. The van der Waals surface area contributed by atoms with Gasteiger partial charge in [0.2, 0.25) is 5.91 Å². The zero-order chi connectivity index (χ0) is 15.8. The Bertz CT molecular complexity index is 576. The van der Waals surface area contributed by atoms with E-state index in [1.54, 1.807) is 0 Å². The summed E-state index contributed by atoms with van der Waals surface area (Å²) in [6, 6.07) is 2.00. The third-order valence-electron chi connectivity index (χ3n) is 5.29. The summed E-state index contributed by atoms with van der Waals surface area (Å²) in [5, 5.41) is 14.9. The molecule has 1 saturated carbocycles. The van der Waals surface area contributed by atoms with Crippen molar-refractivity contribution in [3.05, 3.63) is 17.5 Å². The molecule has 126 valence electrons. The van der Waals surface area contributed by atoms with Crippen molar-refractivity contribution < 1.29 is 14.6 Å². The highest BCUT2D eigenvalue weighted by Gasteiger charge is 2.34. The van der Waals surface area contributed by atoms with Crippen molar-refractivity contribution in [2.75, 3.05) is 19.8 Å². The molecule has 3 heterocycles. The number of carbonyl (C=O) groups is 1. The zero-order valence-electron chi connectivity index (χ0n) is 13.5. The minimum absolute atomic E-state index is 0.106. The number of carbonyl (C=O) groups excluding carboxylic acids is 1. The quantitative estimate of drug-likeness (QED) is 0.916. The van der Waals surface area contributed by atoms with Crippen LogP contribution in [0.4, 0.5) is 0 Å². The maximum atomic E-state index is 12.8. The van der Waals surface area contributed by atoms with E-state index >= 15 is 0 Å². The van der Waals surface area contributed by atoms with Gasteiger partial charge in [0, 0.05) is 32.2 Å². The van der Waals surface area contributed by atoms with Crippen LogP contribution in [0, 0.1) is 11.8 Å². The average Bonchev–Trinajstić information content (AvgIpc) is 3.38. The number of aliphatic hydroxyl groups is 1. The van der Waals surface area contributed by atoms with Gasteiger partial charge >= 0.3 is 0 Å². The Morgan fingerprint density at radius 1 is 1.26 bits per heavy atom. The lowest BCUT2D eigenvalue weighted by Gasteiger charge is -2.28. The summed E-state index contributed by atoms with van der Waals surface area (Å²) >= 11 is 0. The van der Waals surface area contributed by atoms with Gasteiger partial charge in [0.05, 0.1) is 17.9 Å². The van der Waals surface area contributed by atoms with Gasteiger partial charge in [-0.05, 0) is 44.1 Å². The summed E-state index contributed by atoms with van der Waals surface area (Å²) < 4.78 is 7.35. The first kappa shape index (κ1) is 15.1. The first-order valence-electron chi connectivity index (χ1n) is 8.83. The standard InChI is InChI=1S/C17H25N3O3/c21-16(12-2-3-12)15-10-14-11-19(6-1-7-20(14)18-15)17(22)13-4-8-23-9-5-13/h10,12-13,16,21H,1-9,11H2. The minimum Gasteiger partial charge on any atom is -0.386 e. The van der Waals surface area contributed by atoms with Gasteiger partial charge < -0.3 is 14.7 Å². The SMILES string of the molecule is O=C(C1CCOCC1)N1CCCn2nc(C(O)C3CC3)cc2C1. The normalized spacial score (nSPS) is 24.1. The van der Waals surface area contributed by atoms with Crippen LogP contribution < -0.4 is 0 Å². The van der Waals surface area contributed by atoms with Crippen molar-refractivity contribution >= 4 is 5.91 Å². The third-order valence-corrected chi connectivity index (χ3v) is 5.29. The van der Waals surface area contributed by atoms with E-state index in [1.807, 2.05) is 15.6 Å². The molecule has 3 aliphatic rings. The number of ether oxygens (including phenoxy) is 1. The van der Waals surface area contributed by atoms with E-state index in [1.165, 1.54) is 0 Å². The molecule has 1 aromatic heterocycles. The van der Waals surface area contributed by atoms with Crippen LogP contribution in [-0.2, 0) is 22.6 Å². The summed E-state index contributed by atoms with van der Waals surface area (Å²) in [7, 11) is 0. The van der Waals surface area contributed by atoms with E-state index in [2.05, 4.69) is 5.10 Å². The van der Waals surface area contributed by atoms with Gasteiger partial charge in [0.1, 0.15) is 6.10 Å². The number of nitrogens with zero attached hydrogens (tertiary/aromatic N) is 3. The lowest BCUT2D eigenvalue weighted by atomic mass is 9.98. The number of amides is 1. The molecule has 1 aliphatic carbocycles. The first-order chi connectivity index (χ1) is 11.2. The third kappa shape index (κ3) is 3.15. The Kier molecular flexibility index (Phi) is 4.11. The fraction of sp³-hybridized carbons (Fsp3) is 0.765. The molecule has 6 nitrogen and oxygen atoms in total. The molecule has 6 heteroatoms. The molecule has 0 bridgehead atoms. The topological polar surface area (TPSA) is 67.6 Å². The Morgan fingerprint density at radius 3 is 2.78 bits per heavy atom. The number of aryl methyl sites for hydroxylation is 1. The predicted molar refractivity (Wildman–Crippen MR) is 83.5 cm³/mol. The van der Waals surface area contributed by atoms with E-state index in [0.717, 1.165) is 56.6 Å². The predicted octanol–water partition coefficient (Wildman–Crippen LogP) is 1.49. The number of hydrogen-bond donors (Lipinski definition) is 1. The van der Waals surface area contributed by atoms with Gasteiger partial charge in [-0.1, -0.05) is 0 Å². The van der Waals surface area contributed by atoms with Gasteiger partial charge in [-0.2, -0.15) is 5.10 Å². The van der Waals surface area contributed by atoms with E-state index in [-0.39, 0.29) is 11.8 Å². The molecular weight excluding hydrogens is 294 g/mol. The van der Waals surface area contributed by atoms with E-state index in [0.29, 0.717) is 25.7 Å². The maximum absolute atomic E-state index is 12.8. The van der Waals surface area contributed by atoms with Crippen LogP contribution in [0.1, 0.15) is 49.6 Å². The fourth-order valence-corrected chi connectivity index (χ4v) is 3.67. The smallest absolute Gasteiger partial charge is 0.226 e. The molecule has 0 aromatic carbocycles. The summed E-state index contributed by atoms with van der Waals surface area (Å²) in [5.74, 6) is 0.746. The second kappa shape index (κ2) is 6.24. The highest BCUT2D eigenvalue weighted by Crippen LogP contribution is 2.40. The van der Waals surface area contributed by atoms with Crippen LogP contribution in [-0.4, -0.2) is 45.5 Å².